The van der Waals surface area contributed by atoms with Crippen LogP contribution in [0, 0.1) is 0 Å². The summed E-state index contributed by atoms with van der Waals surface area (Å²) in [6.45, 7) is 3.90. The van der Waals surface area contributed by atoms with Gasteiger partial charge in [0.05, 0.1) is 5.25 Å². The molecule has 60 valence electrons. The maximum atomic E-state index is 10.8. The average Bonchev–Trinajstić information content (AvgIpc) is 1.99. The molecule has 1 atom stereocenters. The first-order valence-corrected chi connectivity index (χ1v) is 4.36. The van der Waals surface area contributed by atoms with Gasteiger partial charge in [0, 0.05) is 0 Å². The molecule has 0 radical (unpaired) electrons. The van der Waals surface area contributed by atoms with Crippen molar-refractivity contribution in [1.82, 2.24) is 5.48 Å². The quantitative estimate of drug-likeness (QED) is 0.480. The van der Waals surface area contributed by atoms with E-state index in [4.69, 9.17) is 5.21 Å². The first kappa shape index (κ1) is 9.78. The second-order valence-corrected chi connectivity index (χ2v) is 3.31. The highest BCUT2D eigenvalue weighted by atomic mass is 32.2. The lowest BCUT2D eigenvalue weighted by Crippen LogP contribution is -2.29. The Kier molecular flexibility index (Phi) is 5.43. The van der Waals surface area contributed by atoms with Gasteiger partial charge in [0.15, 0.2) is 0 Å². The SMILES string of the molecule is CCSC(CC)C(=O)NO. The van der Waals surface area contributed by atoms with Crippen LogP contribution in [0.15, 0.2) is 0 Å². The van der Waals surface area contributed by atoms with Gasteiger partial charge in [-0.1, -0.05) is 13.8 Å². The fourth-order valence-electron chi connectivity index (χ4n) is 0.652. The molecule has 0 aromatic carbocycles. The van der Waals surface area contributed by atoms with Gasteiger partial charge in [0.25, 0.3) is 5.91 Å². The topological polar surface area (TPSA) is 49.3 Å². The molecular formula is C6H13NO2S. The van der Waals surface area contributed by atoms with E-state index in [1.807, 2.05) is 13.8 Å². The van der Waals surface area contributed by atoms with Crippen LogP contribution in [0.5, 0.6) is 0 Å². The Bertz CT molecular complexity index is 108. The first-order chi connectivity index (χ1) is 4.76. The number of carbonyl (C=O) groups excluding carboxylic acids is 1. The summed E-state index contributed by atoms with van der Waals surface area (Å²) in [4.78, 5) is 10.8. The molecule has 0 aromatic rings. The number of hydrogen-bond donors (Lipinski definition) is 2. The fourth-order valence-corrected chi connectivity index (χ4v) is 1.49. The standard InChI is InChI=1S/C6H13NO2S/c1-3-5(10-4-2)6(8)7-9/h5,9H,3-4H2,1-2H3,(H,7,8). The monoisotopic (exact) mass is 163 g/mol. The maximum absolute atomic E-state index is 10.8. The molecule has 1 unspecified atom stereocenters. The number of hydroxylamine groups is 1. The highest BCUT2D eigenvalue weighted by molar-refractivity contribution is 8.00. The Morgan fingerprint density at radius 2 is 2.30 bits per heavy atom. The van der Waals surface area contributed by atoms with Crippen LogP contribution in [0.4, 0.5) is 0 Å². The van der Waals surface area contributed by atoms with E-state index in [2.05, 4.69) is 0 Å². The number of rotatable bonds is 4. The van der Waals surface area contributed by atoms with Crippen molar-refractivity contribution in [3.8, 4) is 0 Å². The van der Waals surface area contributed by atoms with E-state index in [-0.39, 0.29) is 11.2 Å². The summed E-state index contributed by atoms with van der Waals surface area (Å²) in [5, 5.41) is 8.15. The van der Waals surface area contributed by atoms with Gasteiger partial charge in [-0.05, 0) is 12.2 Å². The van der Waals surface area contributed by atoms with E-state index in [0.29, 0.717) is 0 Å². The highest BCUT2D eigenvalue weighted by Gasteiger charge is 2.13. The Labute approximate surface area is 65.1 Å². The van der Waals surface area contributed by atoms with Gasteiger partial charge in [-0.3, -0.25) is 10.0 Å². The molecule has 4 heteroatoms. The summed E-state index contributed by atoms with van der Waals surface area (Å²) in [7, 11) is 0. The van der Waals surface area contributed by atoms with Crippen LogP contribution in [-0.2, 0) is 4.79 Å². The van der Waals surface area contributed by atoms with E-state index in [1.165, 1.54) is 11.8 Å². The van der Waals surface area contributed by atoms with Crippen molar-refractivity contribution in [2.24, 2.45) is 0 Å². The average molecular weight is 163 g/mol. The van der Waals surface area contributed by atoms with Crippen LogP contribution in [0.3, 0.4) is 0 Å². The molecule has 3 nitrogen and oxygen atoms in total. The second kappa shape index (κ2) is 5.56. The molecule has 0 saturated carbocycles. The lowest BCUT2D eigenvalue weighted by atomic mass is 10.3. The summed E-state index contributed by atoms with van der Waals surface area (Å²) in [6, 6.07) is 0. The van der Waals surface area contributed by atoms with E-state index in [1.54, 1.807) is 5.48 Å². The fraction of sp³-hybridized carbons (Fsp3) is 0.833. The van der Waals surface area contributed by atoms with Crippen LogP contribution in [0.1, 0.15) is 20.3 Å². The smallest absolute Gasteiger partial charge is 0.256 e. The van der Waals surface area contributed by atoms with E-state index in [0.717, 1.165) is 12.2 Å². The lowest BCUT2D eigenvalue weighted by Gasteiger charge is -2.09. The van der Waals surface area contributed by atoms with E-state index < -0.39 is 0 Å². The lowest BCUT2D eigenvalue weighted by molar-refractivity contribution is -0.128. The predicted octanol–water partition coefficient (Wildman–Crippen LogP) is 1.02. The molecule has 0 bridgehead atoms. The number of thioether (sulfide) groups is 1. The van der Waals surface area contributed by atoms with Crippen molar-refractivity contribution in [2.75, 3.05) is 5.75 Å². The Morgan fingerprint density at radius 3 is 2.60 bits per heavy atom. The summed E-state index contributed by atoms with van der Waals surface area (Å²) in [5.41, 5.74) is 1.64. The molecular weight excluding hydrogens is 150 g/mol. The zero-order chi connectivity index (χ0) is 7.98. The molecule has 0 aliphatic heterocycles. The molecule has 0 aliphatic carbocycles. The molecule has 0 heterocycles. The Hall–Kier alpha value is -0.220. The largest absolute Gasteiger partial charge is 0.289 e. The molecule has 1 amide bonds. The van der Waals surface area contributed by atoms with Gasteiger partial charge in [-0.25, -0.2) is 5.48 Å². The number of hydrogen-bond acceptors (Lipinski definition) is 3. The van der Waals surface area contributed by atoms with Gasteiger partial charge in [-0.15, -0.1) is 11.8 Å². The Balaban J connectivity index is 3.68. The summed E-state index contributed by atoms with van der Waals surface area (Å²) in [5.74, 6) is 0.598. The van der Waals surface area contributed by atoms with Crippen LogP contribution in [0.2, 0.25) is 0 Å². The van der Waals surface area contributed by atoms with Gasteiger partial charge < -0.3 is 0 Å². The molecule has 0 saturated heterocycles. The first-order valence-electron chi connectivity index (χ1n) is 3.31. The third-order valence-electron chi connectivity index (χ3n) is 1.14. The Morgan fingerprint density at radius 1 is 1.70 bits per heavy atom. The van der Waals surface area contributed by atoms with Gasteiger partial charge in [0.1, 0.15) is 0 Å². The molecule has 10 heavy (non-hydrogen) atoms. The minimum atomic E-state index is -0.297. The summed E-state index contributed by atoms with van der Waals surface area (Å²) < 4.78 is 0. The van der Waals surface area contributed by atoms with Crippen molar-refractivity contribution in [1.29, 1.82) is 0 Å². The molecule has 0 spiro atoms. The summed E-state index contributed by atoms with van der Waals surface area (Å²) >= 11 is 1.54. The number of carbonyl (C=O) groups is 1. The van der Waals surface area contributed by atoms with Crippen LogP contribution in [0.25, 0.3) is 0 Å². The third-order valence-corrected chi connectivity index (χ3v) is 2.42. The van der Waals surface area contributed by atoms with Crippen molar-refractivity contribution >= 4 is 17.7 Å². The molecule has 0 fully saturated rings. The molecule has 0 rings (SSSR count). The van der Waals surface area contributed by atoms with E-state index in [9.17, 15) is 4.79 Å². The van der Waals surface area contributed by atoms with Crippen molar-refractivity contribution in [3.05, 3.63) is 0 Å². The zero-order valence-electron chi connectivity index (χ0n) is 6.26. The van der Waals surface area contributed by atoms with Crippen molar-refractivity contribution in [2.45, 2.75) is 25.5 Å². The maximum Gasteiger partial charge on any atom is 0.256 e. The second-order valence-electron chi connectivity index (χ2n) is 1.83. The van der Waals surface area contributed by atoms with Crippen LogP contribution >= 0.6 is 11.8 Å². The van der Waals surface area contributed by atoms with Crippen LogP contribution in [-0.4, -0.2) is 22.1 Å². The minimum absolute atomic E-state index is 0.102. The highest BCUT2D eigenvalue weighted by Crippen LogP contribution is 2.13. The van der Waals surface area contributed by atoms with Gasteiger partial charge in [-0.2, -0.15) is 0 Å². The van der Waals surface area contributed by atoms with Crippen molar-refractivity contribution < 1.29 is 10.0 Å². The molecule has 0 aliphatic rings. The third kappa shape index (κ3) is 3.08. The van der Waals surface area contributed by atoms with Gasteiger partial charge >= 0.3 is 0 Å². The molecule has 2 N–H and O–H groups in total. The van der Waals surface area contributed by atoms with Crippen LogP contribution < -0.4 is 5.48 Å². The molecule has 0 aromatic heterocycles. The normalized spacial score (nSPS) is 12.7. The van der Waals surface area contributed by atoms with Gasteiger partial charge in [0.2, 0.25) is 0 Å². The predicted molar refractivity (Wildman–Crippen MR) is 42.1 cm³/mol. The summed E-state index contributed by atoms with van der Waals surface area (Å²) in [6.07, 6.45) is 0.755. The number of nitrogens with one attached hydrogen (secondary N) is 1. The van der Waals surface area contributed by atoms with Crippen molar-refractivity contribution in [3.63, 3.8) is 0 Å². The van der Waals surface area contributed by atoms with E-state index >= 15 is 0 Å². The number of amides is 1. The minimum Gasteiger partial charge on any atom is -0.289 e. The zero-order valence-corrected chi connectivity index (χ0v) is 7.07.